The monoisotopic (exact) mass is 320 g/mol. The Labute approximate surface area is 136 Å². The third kappa shape index (κ3) is 4.00. The topological polar surface area (TPSA) is 60.9 Å². The van der Waals surface area contributed by atoms with Crippen molar-refractivity contribution in [3.63, 3.8) is 0 Å². The Morgan fingerprint density at radius 3 is 3.26 bits per heavy atom. The largest absolute Gasteiger partial charge is 0.486 e. The molecule has 2 aliphatic heterocycles. The molecule has 1 spiro atoms. The number of aromatic nitrogens is 1. The molecule has 3 heterocycles. The van der Waals surface area contributed by atoms with Crippen molar-refractivity contribution < 1.29 is 19.0 Å². The van der Waals surface area contributed by atoms with Gasteiger partial charge in [0.2, 0.25) is 5.91 Å². The molecule has 1 amide bonds. The second-order valence-corrected chi connectivity index (χ2v) is 6.18. The number of carbonyl (C=O) groups is 1. The number of hydrogen-bond acceptors (Lipinski definition) is 5. The summed E-state index contributed by atoms with van der Waals surface area (Å²) in [5, 5.41) is 0. The molecule has 1 aromatic rings. The van der Waals surface area contributed by atoms with Crippen LogP contribution in [0.15, 0.2) is 24.5 Å². The van der Waals surface area contributed by atoms with Crippen LogP contribution < -0.4 is 4.74 Å². The van der Waals surface area contributed by atoms with E-state index < -0.39 is 0 Å². The van der Waals surface area contributed by atoms with E-state index in [0.717, 1.165) is 31.6 Å². The van der Waals surface area contributed by atoms with E-state index >= 15 is 0 Å². The molecule has 3 rings (SSSR count). The van der Waals surface area contributed by atoms with Crippen LogP contribution in [0.25, 0.3) is 0 Å². The molecule has 2 aliphatic rings. The van der Waals surface area contributed by atoms with E-state index in [2.05, 4.69) is 4.98 Å². The normalized spacial score (nSPS) is 27.3. The van der Waals surface area contributed by atoms with Crippen molar-refractivity contribution in [3.05, 3.63) is 24.5 Å². The van der Waals surface area contributed by atoms with Crippen LogP contribution in [0.5, 0.6) is 5.75 Å². The van der Waals surface area contributed by atoms with Crippen LogP contribution in [0.4, 0.5) is 0 Å². The summed E-state index contributed by atoms with van der Waals surface area (Å²) >= 11 is 0. The highest BCUT2D eigenvalue weighted by molar-refractivity contribution is 5.77. The molecule has 6 heteroatoms. The lowest BCUT2D eigenvalue weighted by atomic mass is 9.89. The molecular weight excluding hydrogens is 296 g/mol. The van der Waals surface area contributed by atoms with Crippen LogP contribution in [-0.4, -0.2) is 60.4 Å². The van der Waals surface area contributed by atoms with Gasteiger partial charge in [-0.3, -0.25) is 9.78 Å². The van der Waals surface area contributed by atoms with Crippen LogP contribution in [0, 0.1) is 0 Å². The van der Waals surface area contributed by atoms with Crippen molar-refractivity contribution in [2.24, 2.45) is 0 Å². The van der Waals surface area contributed by atoms with Gasteiger partial charge in [0.1, 0.15) is 18.5 Å². The lowest BCUT2D eigenvalue weighted by Crippen LogP contribution is -2.51. The minimum atomic E-state index is -0.271. The van der Waals surface area contributed by atoms with E-state index in [0.29, 0.717) is 19.8 Å². The number of rotatable bonds is 5. The van der Waals surface area contributed by atoms with Crippen LogP contribution in [0.1, 0.15) is 26.2 Å². The van der Waals surface area contributed by atoms with Crippen LogP contribution in [0.2, 0.25) is 0 Å². The van der Waals surface area contributed by atoms with Crippen LogP contribution in [-0.2, 0) is 14.3 Å². The average molecular weight is 320 g/mol. The molecule has 0 bridgehead atoms. The van der Waals surface area contributed by atoms with E-state index in [1.807, 2.05) is 24.0 Å². The van der Waals surface area contributed by atoms with Gasteiger partial charge in [0.05, 0.1) is 18.4 Å². The third-order valence-corrected chi connectivity index (χ3v) is 4.43. The minimum absolute atomic E-state index is 0.0149. The predicted molar refractivity (Wildman–Crippen MR) is 84.3 cm³/mol. The third-order valence-electron chi connectivity index (χ3n) is 4.43. The molecule has 0 radical (unpaired) electrons. The van der Waals surface area contributed by atoms with Crippen molar-refractivity contribution >= 4 is 5.91 Å². The van der Waals surface area contributed by atoms with Gasteiger partial charge < -0.3 is 19.1 Å². The Kier molecular flexibility index (Phi) is 5.13. The Bertz CT molecular complexity index is 525. The lowest BCUT2D eigenvalue weighted by Gasteiger charge is -2.39. The first kappa shape index (κ1) is 16.2. The number of likely N-dealkylation sites (tertiary alicyclic amines) is 1. The molecule has 2 fully saturated rings. The molecule has 0 aromatic carbocycles. The average Bonchev–Trinajstić information content (AvgIpc) is 2.95. The summed E-state index contributed by atoms with van der Waals surface area (Å²) in [5.74, 6) is 0.810. The van der Waals surface area contributed by atoms with Crippen LogP contribution >= 0.6 is 0 Å². The molecule has 0 aliphatic carbocycles. The summed E-state index contributed by atoms with van der Waals surface area (Å²) in [6.45, 7) is 4.58. The fraction of sp³-hybridized carbons (Fsp3) is 0.647. The summed E-state index contributed by atoms with van der Waals surface area (Å²) in [4.78, 5) is 18.1. The highest BCUT2D eigenvalue weighted by atomic mass is 16.6. The van der Waals surface area contributed by atoms with Crippen molar-refractivity contribution in [1.82, 2.24) is 9.88 Å². The molecule has 0 unspecified atom stereocenters. The highest BCUT2D eigenvalue weighted by Crippen LogP contribution is 2.36. The van der Waals surface area contributed by atoms with Gasteiger partial charge in [0.15, 0.2) is 0 Å². The van der Waals surface area contributed by atoms with Gasteiger partial charge in [-0.25, -0.2) is 0 Å². The van der Waals surface area contributed by atoms with Gasteiger partial charge in [0.25, 0.3) is 0 Å². The van der Waals surface area contributed by atoms with Gasteiger partial charge in [0, 0.05) is 32.3 Å². The predicted octanol–water partition coefficient (Wildman–Crippen LogP) is 1.65. The molecule has 0 saturated carbocycles. The zero-order valence-corrected chi connectivity index (χ0v) is 13.6. The molecule has 0 N–H and O–H groups in total. The second-order valence-electron chi connectivity index (χ2n) is 6.18. The van der Waals surface area contributed by atoms with E-state index in [1.165, 1.54) is 0 Å². The maximum atomic E-state index is 12.2. The Morgan fingerprint density at radius 1 is 1.57 bits per heavy atom. The summed E-state index contributed by atoms with van der Waals surface area (Å²) in [6, 6.07) is 3.76. The van der Waals surface area contributed by atoms with Crippen molar-refractivity contribution in [2.45, 2.75) is 37.9 Å². The fourth-order valence-corrected chi connectivity index (χ4v) is 3.36. The first-order chi connectivity index (χ1) is 11.2. The Hall–Kier alpha value is -1.66. The van der Waals surface area contributed by atoms with Crippen molar-refractivity contribution in [3.8, 4) is 5.75 Å². The van der Waals surface area contributed by atoms with Gasteiger partial charge >= 0.3 is 0 Å². The summed E-state index contributed by atoms with van der Waals surface area (Å²) in [6.07, 6.45) is 6.18. The van der Waals surface area contributed by atoms with Gasteiger partial charge in [-0.2, -0.15) is 0 Å². The SMILES string of the molecule is CCOCC(=O)N1CCC[C@]2(C[C@@H](Oc3cccnc3)CO2)C1. The van der Waals surface area contributed by atoms with Gasteiger partial charge in [-0.15, -0.1) is 0 Å². The zero-order valence-electron chi connectivity index (χ0n) is 13.6. The number of amides is 1. The quantitative estimate of drug-likeness (QED) is 0.825. The lowest BCUT2D eigenvalue weighted by molar-refractivity contribution is -0.143. The van der Waals surface area contributed by atoms with E-state index in [-0.39, 0.29) is 24.2 Å². The Morgan fingerprint density at radius 2 is 2.48 bits per heavy atom. The molecule has 2 atom stereocenters. The molecule has 23 heavy (non-hydrogen) atoms. The molecule has 2 saturated heterocycles. The highest BCUT2D eigenvalue weighted by Gasteiger charge is 2.45. The maximum Gasteiger partial charge on any atom is 0.248 e. The smallest absolute Gasteiger partial charge is 0.248 e. The van der Waals surface area contributed by atoms with Crippen LogP contribution in [0.3, 0.4) is 0 Å². The number of ether oxygens (including phenoxy) is 3. The number of carbonyl (C=O) groups excluding carboxylic acids is 1. The number of hydrogen-bond donors (Lipinski definition) is 0. The number of piperidine rings is 1. The van der Waals surface area contributed by atoms with E-state index in [4.69, 9.17) is 14.2 Å². The minimum Gasteiger partial charge on any atom is -0.486 e. The molecular formula is C17H24N2O4. The summed E-state index contributed by atoms with van der Waals surface area (Å²) < 4.78 is 17.3. The molecule has 6 nitrogen and oxygen atoms in total. The van der Waals surface area contributed by atoms with Crippen molar-refractivity contribution in [2.75, 3.05) is 32.9 Å². The number of pyridine rings is 1. The molecule has 1 aromatic heterocycles. The summed E-state index contributed by atoms with van der Waals surface area (Å²) in [7, 11) is 0. The maximum absolute atomic E-state index is 12.2. The van der Waals surface area contributed by atoms with Gasteiger partial charge in [-0.1, -0.05) is 0 Å². The standard InChI is InChI=1S/C17H24N2O4/c1-2-21-12-16(20)19-8-4-6-17(13-19)9-15(11-22-17)23-14-5-3-7-18-10-14/h3,5,7,10,15H,2,4,6,8-9,11-13H2,1H3/t15-,17+/m1/s1. The zero-order chi connectivity index (χ0) is 16.1. The Balaban J connectivity index is 1.56. The fourth-order valence-electron chi connectivity index (χ4n) is 3.36. The first-order valence-corrected chi connectivity index (χ1v) is 8.27. The second kappa shape index (κ2) is 7.27. The van der Waals surface area contributed by atoms with E-state index in [9.17, 15) is 4.79 Å². The molecule has 126 valence electrons. The van der Waals surface area contributed by atoms with Gasteiger partial charge in [-0.05, 0) is 31.9 Å². The number of nitrogens with zero attached hydrogens (tertiary/aromatic N) is 2. The first-order valence-electron chi connectivity index (χ1n) is 8.27. The summed E-state index contributed by atoms with van der Waals surface area (Å²) in [5.41, 5.74) is -0.271. The van der Waals surface area contributed by atoms with E-state index in [1.54, 1.807) is 12.4 Å². The van der Waals surface area contributed by atoms with Crippen molar-refractivity contribution in [1.29, 1.82) is 0 Å².